The van der Waals surface area contributed by atoms with Crippen molar-refractivity contribution in [3.05, 3.63) is 35.1 Å². The second kappa shape index (κ2) is 8.69. The van der Waals surface area contributed by atoms with E-state index < -0.39 is 23.6 Å². The van der Waals surface area contributed by atoms with Crippen LogP contribution in [0.3, 0.4) is 0 Å². The van der Waals surface area contributed by atoms with Gasteiger partial charge in [0.1, 0.15) is 18.0 Å². The summed E-state index contributed by atoms with van der Waals surface area (Å²) in [5, 5.41) is 25.3. The standard InChI is InChI=1S/C20H27ClN6O3/c1-12(2)20(4,30)19(29)26-9-5-6-17(26)18(28)23-13(3)15-10-14(21)7-8-16(15)27-11-22-24-25-27/h7-8,10-13,17,30H,5-6,9H2,1-4H3,(H,23,28)/t13?,17-,20+/m0/s1. The van der Waals surface area contributed by atoms with Crippen molar-refractivity contribution in [3.8, 4) is 5.69 Å². The van der Waals surface area contributed by atoms with Crippen LogP contribution in [0.5, 0.6) is 0 Å². The van der Waals surface area contributed by atoms with Crippen LogP contribution in [0, 0.1) is 5.92 Å². The van der Waals surface area contributed by atoms with E-state index in [0.717, 1.165) is 5.56 Å². The zero-order valence-corrected chi connectivity index (χ0v) is 18.3. The Balaban J connectivity index is 1.79. The third kappa shape index (κ3) is 4.32. The summed E-state index contributed by atoms with van der Waals surface area (Å²) in [5.41, 5.74) is -0.0816. The maximum Gasteiger partial charge on any atom is 0.255 e. The minimum Gasteiger partial charge on any atom is -0.380 e. The Bertz CT molecular complexity index is 915. The molecule has 1 unspecified atom stereocenters. The molecule has 1 fully saturated rings. The van der Waals surface area contributed by atoms with Gasteiger partial charge < -0.3 is 15.3 Å². The zero-order chi connectivity index (χ0) is 22.1. The van der Waals surface area contributed by atoms with Gasteiger partial charge in [-0.15, -0.1) is 5.10 Å². The molecule has 1 aromatic heterocycles. The molecule has 2 N–H and O–H groups in total. The number of rotatable bonds is 6. The first-order chi connectivity index (χ1) is 14.1. The van der Waals surface area contributed by atoms with Gasteiger partial charge in [-0.2, -0.15) is 0 Å². The highest BCUT2D eigenvalue weighted by atomic mass is 35.5. The van der Waals surface area contributed by atoms with Crippen molar-refractivity contribution < 1.29 is 14.7 Å². The molecule has 0 saturated carbocycles. The van der Waals surface area contributed by atoms with E-state index in [2.05, 4.69) is 20.8 Å². The van der Waals surface area contributed by atoms with E-state index in [9.17, 15) is 14.7 Å². The molecule has 0 aliphatic carbocycles. The average Bonchev–Trinajstić information content (AvgIpc) is 3.39. The number of hydrogen-bond donors (Lipinski definition) is 2. The molecule has 0 radical (unpaired) electrons. The maximum atomic E-state index is 13.1. The van der Waals surface area contributed by atoms with Gasteiger partial charge in [0.25, 0.3) is 5.91 Å². The molecule has 1 aliphatic heterocycles. The van der Waals surface area contributed by atoms with Gasteiger partial charge in [-0.05, 0) is 61.2 Å². The van der Waals surface area contributed by atoms with Gasteiger partial charge in [0.2, 0.25) is 5.91 Å². The number of carbonyl (C=O) groups is 2. The number of aromatic nitrogens is 4. The summed E-state index contributed by atoms with van der Waals surface area (Å²) in [7, 11) is 0. The highest BCUT2D eigenvalue weighted by Crippen LogP contribution is 2.28. The van der Waals surface area contributed by atoms with Crippen molar-refractivity contribution in [2.45, 2.75) is 58.2 Å². The molecule has 0 spiro atoms. The molecule has 10 heteroatoms. The summed E-state index contributed by atoms with van der Waals surface area (Å²) in [4.78, 5) is 27.4. The third-order valence-electron chi connectivity index (χ3n) is 5.78. The van der Waals surface area contributed by atoms with Crippen molar-refractivity contribution in [2.24, 2.45) is 5.92 Å². The number of halogens is 1. The molecule has 0 bridgehead atoms. The van der Waals surface area contributed by atoms with Crippen LogP contribution in [-0.4, -0.2) is 60.2 Å². The Morgan fingerprint density at radius 2 is 2.07 bits per heavy atom. The van der Waals surface area contributed by atoms with Gasteiger partial charge >= 0.3 is 0 Å². The monoisotopic (exact) mass is 434 g/mol. The predicted molar refractivity (Wildman–Crippen MR) is 111 cm³/mol. The van der Waals surface area contributed by atoms with E-state index in [1.165, 1.54) is 22.8 Å². The number of likely N-dealkylation sites (tertiary alicyclic amines) is 1. The van der Waals surface area contributed by atoms with E-state index >= 15 is 0 Å². The van der Waals surface area contributed by atoms with Crippen molar-refractivity contribution >= 4 is 23.4 Å². The Kier molecular flexibility index (Phi) is 6.42. The van der Waals surface area contributed by atoms with Gasteiger partial charge in [0.05, 0.1) is 11.7 Å². The van der Waals surface area contributed by atoms with Crippen molar-refractivity contribution in [2.75, 3.05) is 6.54 Å². The molecule has 2 aromatic rings. The van der Waals surface area contributed by atoms with Gasteiger partial charge in [0, 0.05) is 17.1 Å². The number of benzene rings is 1. The lowest BCUT2D eigenvalue weighted by Crippen LogP contribution is -2.55. The normalized spacial score (nSPS) is 19.6. The summed E-state index contributed by atoms with van der Waals surface area (Å²) in [6.45, 7) is 7.35. The van der Waals surface area contributed by atoms with E-state index in [0.29, 0.717) is 30.1 Å². The van der Waals surface area contributed by atoms with E-state index in [4.69, 9.17) is 11.6 Å². The molecular weight excluding hydrogens is 408 g/mol. The number of aliphatic hydroxyl groups is 1. The topological polar surface area (TPSA) is 113 Å². The van der Waals surface area contributed by atoms with Crippen LogP contribution in [0.25, 0.3) is 5.69 Å². The second-order valence-electron chi connectivity index (χ2n) is 8.15. The van der Waals surface area contributed by atoms with Gasteiger partial charge in [-0.25, -0.2) is 4.68 Å². The Morgan fingerprint density at radius 1 is 1.33 bits per heavy atom. The summed E-state index contributed by atoms with van der Waals surface area (Å²) in [6, 6.07) is 4.23. The molecule has 2 amide bonds. The summed E-state index contributed by atoms with van der Waals surface area (Å²) in [5.74, 6) is -0.950. The largest absolute Gasteiger partial charge is 0.380 e. The van der Waals surface area contributed by atoms with Crippen molar-refractivity contribution in [3.63, 3.8) is 0 Å². The van der Waals surface area contributed by atoms with Crippen molar-refractivity contribution in [1.82, 2.24) is 30.4 Å². The van der Waals surface area contributed by atoms with Crippen LogP contribution < -0.4 is 5.32 Å². The molecule has 9 nitrogen and oxygen atoms in total. The fraction of sp³-hybridized carbons (Fsp3) is 0.550. The summed E-state index contributed by atoms with van der Waals surface area (Å²) >= 11 is 6.18. The Labute approximate surface area is 180 Å². The fourth-order valence-corrected chi connectivity index (χ4v) is 3.74. The lowest BCUT2D eigenvalue weighted by Gasteiger charge is -2.34. The molecule has 1 aliphatic rings. The lowest BCUT2D eigenvalue weighted by atomic mass is 9.90. The molecule has 162 valence electrons. The summed E-state index contributed by atoms with van der Waals surface area (Å²) in [6.07, 6.45) is 2.72. The van der Waals surface area contributed by atoms with Gasteiger partial charge in [0.15, 0.2) is 0 Å². The van der Waals surface area contributed by atoms with Crippen LogP contribution >= 0.6 is 11.6 Å². The van der Waals surface area contributed by atoms with Crippen molar-refractivity contribution in [1.29, 1.82) is 0 Å². The molecule has 3 rings (SSSR count). The van der Waals surface area contributed by atoms with Crippen LogP contribution in [0.4, 0.5) is 0 Å². The Morgan fingerprint density at radius 3 is 2.70 bits per heavy atom. The van der Waals surface area contributed by atoms with Crippen LogP contribution in [0.15, 0.2) is 24.5 Å². The SMILES string of the molecule is CC(NC(=O)[C@@H]1CCCN1C(=O)[C@](C)(O)C(C)C)c1cc(Cl)ccc1-n1cnnn1. The number of carbonyl (C=O) groups excluding carboxylic acids is 2. The van der Waals surface area contributed by atoms with Crippen LogP contribution in [0.1, 0.15) is 52.1 Å². The van der Waals surface area contributed by atoms with Gasteiger partial charge in [-0.3, -0.25) is 9.59 Å². The quantitative estimate of drug-likeness (QED) is 0.717. The highest BCUT2D eigenvalue weighted by molar-refractivity contribution is 6.30. The van der Waals surface area contributed by atoms with E-state index in [1.54, 1.807) is 32.0 Å². The smallest absolute Gasteiger partial charge is 0.255 e. The average molecular weight is 435 g/mol. The molecule has 1 saturated heterocycles. The van der Waals surface area contributed by atoms with E-state index in [-0.39, 0.29) is 11.8 Å². The molecule has 1 aromatic carbocycles. The second-order valence-corrected chi connectivity index (χ2v) is 8.58. The fourth-order valence-electron chi connectivity index (χ4n) is 3.56. The maximum absolute atomic E-state index is 13.1. The molecule has 30 heavy (non-hydrogen) atoms. The first-order valence-electron chi connectivity index (χ1n) is 9.99. The minimum atomic E-state index is -1.52. The number of hydrogen-bond acceptors (Lipinski definition) is 6. The molecule has 3 atom stereocenters. The number of nitrogens with zero attached hydrogens (tertiary/aromatic N) is 5. The third-order valence-corrected chi connectivity index (χ3v) is 6.02. The molecular formula is C20H27ClN6O3. The van der Waals surface area contributed by atoms with Crippen LogP contribution in [-0.2, 0) is 9.59 Å². The predicted octanol–water partition coefficient (Wildman–Crippen LogP) is 1.89. The van der Waals surface area contributed by atoms with Crippen LogP contribution in [0.2, 0.25) is 5.02 Å². The first-order valence-corrected chi connectivity index (χ1v) is 10.4. The highest BCUT2D eigenvalue weighted by Gasteiger charge is 2.43. The number of nitrogens with one attached hydrogen (secondary N) is 1. The Hall–Kier alpha value is -2.52. The molecule has 2 heterocycles. The lowest BCUT2D eigenvalue weighted by molar-refractivity contribution is -0.157. The summed E-state index contributed by atoms with van der Waals surface area (Å²) < 4.78 is 1.50. The van der Waals surface area contributed by atoms with E-state index in [1.807, 2.05) is 6.92 Å². The number of tetrazole rings is 1. The minimum absolute atomic E-state index is 0.265. The van der Waals surface area contributed by atoms with Gasteiger partial charge in [-0.1, -0.05) is 25.4 Å². The number of amides is 2. The first kappa shape index (κ1) is 22.2. The zero-order valence-electron chi connectivity index (χ0n) is 17.5.